The summed E-state index contributed by atoms with van der Waals surface area (Å²) >= 11 is 0. The second-order valence-electron chi connectivity index (χ2n) is 4.42. The van der Waals surface area contributed by atoms with Gasteiger partial charge < -0.3 is 0 Å². The molecule has 0 saturated heterocycles. The Bertz CT molecular complexity index is 202. The van der Waals surface area contributed by atoms with Crippen LogP contribution in [0.25, 0.3) is 0 Å². The molecule has 4 heteroatoms. The van der Waals surface area contributed by atoms with E-state index in [1.165, 1.54) is 12.8 Å². The molecule has 1 atom stereocenters. The van der Waals surface area contributed by atoms with Gasteiger partial charge >= 0.3 is 0 Å². The Morgan fingerprint density at radius 1 is 1.50 bits per heavy atom. The Morgan fingerprint density at radius 2 is 2.07 bits per heavy atom. The van der Waals surface area contributed by atoms with Gasteiger partial charge in [-0.25, -0.2) is 5.84 Å². The Hall–Kier alpha value is -0.610. The number of rotatable bonds is 5. The van der Waals surface area contributed by atoms with Gasteiger partial charge in [-0.2, -0.15) is 0 Å². The summed E-state index contributed by atoms with van der Waals surface area (Å²) in [6.45, 7) is 7.15. The largest absolute Gasteiger partial charge is 0.293 e. The van der Waals surface area contributed by atoms with Crippen LogP contribution >= 0.6 is 0 Å². The Balaban J connectivity index is 2.50. The molecular weight excluding hydrogens is 178 g/mol. The third-order valence-corrected chi connectivity index (χ3v) is 2.85. The highest BCUT2D eigenvalue weighted by Crippen LogP contribution is 2.30. The summed E-state index contributed by atoms with van der Waals surface area (Å²) in [6, 6.07) is 0.267. The number of nitrogens with zero attached hydrogens (tertiary/aromatic N) is 1. The highest BCUT2D eigenvalue weighted by molar-refractivity contribution is 5.80. The minimum absolute atomic E-state index is 0.0978. The van der Waals surface area contributed by atoms with Crippen molar-refractivity contribution < 1.29 is 4.79 Å². The maximum Gasteiger partial charge on any atom is 0.250 e. The summed E-state index contributed by atoms with van der Waals surface area (Å²) in [5.41, 5.74) is 2.21. The molecule has 0 aliphatic heterocycles. The Labute approximate surface area is 85.8 Å². The molecule has 0 aromatic rings. The first-order valence-corrected chi connectivity index (χ1v) is 5.32. The topological polar surface area (TPSA) is 58.4 Å². The van der Waals surface area contributed by atoms with Gasteiger partial charge in [0.15, 0.2) is 0 Å². The first kappa shape index (κ1) is 11.5. The van der Waals surface area contributed by atoms with Crippen LogP contribution in [-0.4, -0.2) is 29.4 Å². The van der Waals surface area contributed by atoms with Crippen molar-refractivity contribution in [2.24, 2.45) is 11.8 Å². The van der Waals surface area contributed by atoms with Crippen LogP contribution < -0.4 is 11.3 Å². The summed E-state index contributed by atoms with van der Waals surface area (Å²) in [5, 5.41) is 0. The summed E-state index contributed by atoms with van der Waals surface area (Å²) in [6.07, 6.45) is 2.61. The number of hydrazine groups is 1. The molecule has 0 spiro atoms. The molecular formula is C10H21N3O. The lowest BCUT2D eigenvalue weighted by Crippen LogP contribution is -2.50. The van der Waals surface area contributed by atoms with E-state index in [1.807, 2.05) is 6.92 Å². The molecule has 0 heterocycles. The standard InChI is InChI=1S/C10H21N3O/c1-7(2)13(6-9-4-5-9)8(3)10(14)12-11/h7-9H,4-6,11H2,1-3H3,(H,12,14). The van der Waals surface area contributed by atoms with Crippen molar-refractivity contribution in [2.75, 3.05) is 6.54 Å². The number of nitrogens with two attached hydrogens (primary N) is 1. The molecule has 1 saturated carbocycles. The summed E-state index contributed by atoms with van der Waals surface area (Å²) in [7, 11) is 0. The zero-order valence-electron chi connectivity index (χ0n) is 9.29. The average molecular weight is 199 g/mol. The number of hydrogen-bond acceptors (Lipinski definition) is 3. The van der Waals surface area contributed by atoms with Gasteiger partial charge in [-0.1, -0.05) is 0 Å². The molecule has 1 fully saturated rings. The molecule has 14 heavy (non-hydrogen) atoms. The van der Waals surface area contributed by atoms with Crippen LogP contribution in [-0.2, 0) is 4.79 Å². The van der Waals surface area contributed by atoms with Gasteiger partial charge in [-0.05, 0) is 39.5 Å². The van der Waals surface area contributed by atoms with Crippen LogP contribution in [0.1, 0.15) is 33.6 Å². The number of carbonyl (C=O) groups is 1. The second kappa shape index (κ2) is 4.75. The van der Waals surface area contributed by atoms with Crippen LogP contribution in [0.15, 0.2) is 0 Å². The van der Waals surface area contributed by atoms with Crippen molar-refractivity contribution in [2.45, 2.75) is 45.7 Å². The molecule has 82 valence electrons. The number of carbonyl (C=O) groups excluding carboxylic acids is 1. The van der Waals surface area contributed by atoms with E-state index < -0.39 is 0 Å². The van der Waals surface area contributed by atoms with E-state index in [2.05, 4.69) is 24.2 Å². The van der Waals surface area contributed by atoms with E-state index in [-0.39, 0.29) is 11.9 Å². The molecule has 0 bridgehead atoms. The Morgan fingerprint density at radius 3 is 2.43 bits per heavy atom. The summed E-state index contributed by atoms with van der Waals surface area (Å²) in [5.74, 6) is 5.83. The average Bonchev–Trinajstić information content (AvgIpc) is 2.95. The minimum atomic E-state index is -0.124. The van der Waals surface area contributed by atoms with Crippen LogP contribution in [0.3, 0.4) is 0 Å². The van der Waals surface area contributed by atoms with Crippen molar-refractivity contribution >= 4 is 5.91 Å². The molecule has 0 aromatic heterocycles. The highest BCUT2D eigenvalue weighted by atomic mass is 16.2. The molecule has 0 aromatic carbocycles. The molecule has 1 aliphatic rings. The molecule has 3 N–H and O–H groups in total. The SMILES string of the molecule is CC(C)N(CC1CC1)C(C)C(=O)NN. The first-order chi connectivity index (χ1) is 6.56. The zero-order chi connectivity index (χ0) is 10.7. The molecule has 4 nitrogen and oxygen atoms in total. The maximum absolute atomic E-state index is 11.4. The third kappa shape index (κ3) is 2.96. The van der Waals surface area contributed by atoms with Crippen molar-refractivity contribution in [3.05, 3.63) is 0 Å². The zero-order valence-corrected chi connectivity index (χ0v) is 9.29. The molecule has 1 aliphatic carbocycles. The predicted octanol–water partition coefficient (Wildman–Crippen LogP) is 0.485. The summed E-state index contributed by atoms with van der Waals surface area (Å²) < 4.78 is 0. The van der Waals surface area contributed by atoms with Crippen LogP contribution in [0.4, 0.5) is 0 Å². The first-order valence-electron chi connectivity index (χ1n) is 5.32. The van der Waals surface area contributed by atoms with Crippen molar-refractivity contribution in [1.82, 2.24) is 10.3 Å². The van der Waals surface area contributed by atoms with Crippen LogP contribution in [0.5, 0.6) is 0 Å². The molecule has 1 rings (SSSR count). The van der Waals surface area contributed by atoms with Crippen LogP contribution in [0, 0.1) is 5.92 Å². The van der Waals surface area contributed by atoms with E-state index in [9.17, 15) is 4.79 Å². The van der Waals surface area contributed by atoms with E-state index in [4.69, 9.17) is 5.84 Å². The van der Waals surface area contributed by atoms with E-state index in [1.54, 1.807) is 0 Å². The number of amides is 1. The van der Waals surface area contributed by atoms with Gasteiger partial charge in [0.25, 0.3) is 5.91 Å². The smallest absolute Gasteiger partial charge is 0.250 e. The quantitative estimate of drug-likeness (QED) is 0.385. The van der Waals surface area contributed by atoms with E-state index >= 15 is 0 Å². The summed E-state index contributed by atoms with van der Waals surface area (Å²) in [4.78, 5) is 13.6. The van der Waals surface area contributed by atoms with Crippen molar-refractivity contribution in [1.29, 1.82) is 0 Å². The van der Waals surface area contributed by atoms with Gasteiger partial charge in [-0.3, -0.25) is 15.1 Å². The van der Waals surface area contributed by atoms with Crippen LogP contribution in [0.2, 0.25) is 0 Å². The monoisotopic (exact) mass is 199 g/mol. The lowest BCUT2D eigenvalue weighted by molar-refractivity contribution is -0.126. The second-order valence-corrected chi connectivity index (χ2v) is 4.42. The lowest BCUT2D eigenvalue weighted by Gasteiger charge is -2.31. The molecule has 1 unspecified atom stereocenters. The van der Waals surface area contributed by atoms with Gasteiger partial charge in [0.1, 0.15) is 0 Å². The maximum atomic E-state index is 11.4. The lowest BCUT2D eigenvalue weighted by atomic mass is 10.2. The minimum Gasteiger partial charge on any atom is -0.293 e. The highest BCUT2D eigenvalue weighted by Gasteiger charge is 2.30. The Kier molecular flexibility index (Phi) is 3.89. The fourth-order valence-corrected chi connectivity index (χ4v) is 1.69. The molecule has 0 radical (unpaired) electrons. The predicted molar refractivity (Wildman–Crippen MR) is 56.4 cm³/mol. The van der Waals surface area contributed by atoms with Gasteiger partial charge in [0.05, 0.1) is 6.04 Å². The van der Waals surface area contributed by atoms with E-state index in [0.717, 1.165) is 12.5 Å². The number of hydrogen-bond donors (Lipinski definition) is 2. The van der Waals surface area contributed by atoms with Crippen molar-refractivity contribution in [3.8, 4) is 0 Å². The van der Waals surface area contributed by atoms with Gasteiger partial charge in [0.2, 0.25) is 0 Å². The van der Waals surface area contributed by atoms with Gasteiger partial charge in [0, 0.05) is 12.6 Å². The fraction of sp³-hybridized carbons (Fsp3) is 0.900. The fourth-order valence-electron chi connectivity index (χ4n) is 1.69. The number of nitrogens with one attached hydrogen (secondary N) is 1. The molecule has 1 amide bonds. The normalized spacial score (nSPS) is 18.7. The van der Waals surface area contributed by atoms with Crippen molar-refractivity contribution in [3.63, 3.8) is 0 Å². The van der Waals surface area contributed by atoms with Gasteiger partial charge in [-0.15, -0.1) is 0 Å². The van der Waals surface area contributed by atoms with E-state index in [0.29, 0.717) is 6.04 Å². The third-order valence-electron chi connectivity index (χ3n) is 2.85.